The second kappa shape index (κ2) is 6.83. The molecule has 0 saturated carbocycles. The first-order valence-electron chi connectivity index (χ1n) is 7.28. The van der Waals surface area contributed by atoms with Crippen LogP contribution in [0, 0.1) is 10.1 Å². The number of rotatable bonds is 7. The van der Waals surface area contributed by atoms with E-state index in [-0.39, 0.29) is 16.1 Å². The number of nitro groups is 1. The predicted octanol–water partition coefficient (Wildman–Crippen LogP) is 2.69. The second-order valence-corrected chi connectivity index (χ2v) is 5.96. The Morgan fingerprint density at radius 1 is 1.30 bits per heavy atom. The summed E-state index contributed by atoms with van der Waals surface area (Å²) in [4.78, 5) is 10.9. The first kappa shape index (κ1) is 16.6. The zero-order valence-corrected chi connectivity index (χ0v) is 13.2. The highest BCUT2D eigenvalue weighted by atomic mass is 16.6. The Morgan fingerprint density at radius 3 is 2.40 bits per heavy atom. The van der Waals surface area contributed by atoms with Crippen molar-refractivity contribution in [1.29, 1.82) is 0 Å². The summed E-state index contributed by atoms with van der Waals surface area (Å²) in [5, 5.41) is 19.0. The minimum Gasteiger partial charge on any atom is -0.312 e. The number of hydrogen-bond acceptors (Lipinski definition) is 4. The van der Waals surface area contributed by atoms with Crippen molar-refractivity contribution in [3.63, 3.8) is 0 Å². The van der Waals surface area contributed by atoms with Gasteiger partial charge >= 0.3 is 5.69 Å². The largest absolute Gasteiger partial charge is 0.313 e. The van der Waals surface area contributed by atoms with Crippen LogP contribution in [-0.2, 0) is 19.4 Å². The predicted molar refractivity (Wildman–Crippen MR) is 80.0 cm³/mol. The highest BCUT2D eigenvalue weighted by Gasteiger charge is 2.25. The summed E-state index contributed by atoms with van der Waals surface area (Å²) >= 11 is 0. The molecule has 0 amide bonds. The van der Waals surface area contributed by atoms with Crippen LogP contribution in [0.25, 0.3) is 0 Å². The summed E-state index contributed by atoms with van der Waals surface area (Å²) in [6.45, 7) is 11.8. The lowest BCUT2D eigenvalue weighted by Crippen LogP contribution is -2.36. The molecular weight excluding hydrogens is 256 g/mol. The van der Waals surface area contributed by atoms with Crippen molar-refractivity contribution >= 4 is 5.69 Å². The van der Waals surface area contributed by atoms with E-state index in [1.165, 1.54) is 0 Å². The number of aryl methyl sites for hydroxylation is 2. The Morgan fingerprint density at radius 2 is 1.95 bits per heavy atom. The van der Waals surface area contributed by atoms with Gasteiger partial charge in [-0.3, -0.25) is 14.8 Å². The van der Waals surface area contributed by atoms with Gasteiger partial charge in [-0.25, -0.2) is 0 Å². The van der Waals surface area contributed by atoms with E-state index in [1.54, 1.807) is 4.68 Å². The monoisotopic (exact) mass is 282 g/mol. The highest BCUT2D eigenvalue weighted by Crippen LogP contribution is 2.24. The molecule has 0 atom stereocenters. The van der Waals surface area contributed by atoms with Crippen LogP contribution < -0.4 is 5.32 Å². The van der Waals surface area contributed by atoms with E-state index in [4.69, 9.17) is 0 Å². The fourth-order valence-corrected chi connectivity index (χ4v) is 2.22. The van der Waals surface area contributed by atoms with Gasteiger partial charge in [0.05, 0.1) is 4.92 Å². The molecule has 0 aliphatic carbocycles. The second-order valence-electron chi connectivity index (χ2n) is 5.96. The van der Waals surface area contributed by atoms with Crippen LogP contribution in [0.15, 0.2) is 0 Å². The quantitative estimate of drug-likeness (QED) is 0.474. The third-order valence-electron chi connectivity index (χ3n) is 3.15. The molecule has 0 fully saturated rings. The lowest BCUT2D eigenvalue weighted by atomic mass is 10.1. The van der Waals surface area contributed by atoms with Crippen LogP contribution in [-0.4, -0.2) is 26.8 Å². The van der Waals surface area contributed by atoms with Crippen molar-refractivity contribution < 1.29 is 4.92 Å². The Hall–Kier alpha value is -1.43. The summed E-state index contributed by atoms with van der Waals surface area (Å²) in [7, 11) is 0. The van der Waals surface area contributed by atoms with E-state index in [1.807, 2.05) is 13.8 Å². The lowest BCUT2D eigenvalue weighted by Gasteiger charge is -2.20. The molecule has 6 heteroatoms. The van der Waals surface area contributed by atoms with Crippen molar-refractivity contribution in [1.82, 2.24) is 15.1 Å². The van der Waals surface area contributed by atoms with E-state index in [0.29, 0.717) is 25.1 Å². The van der Waals surface area contributed by atoms with Gasteiger partial charge < -0.3 is 5.32 Å². The lowest BCUT2D eigenvalue weighted by molar-refractivity contribution is -0.386. The van der Waals surface area contributed by atoms with Crippen LogP contribution in [0.2, 0.25) is 0 Å². The van der Waals surface area contributed by atoms with Crippen LogP contribution >= 0.6 is 0 Å². The van der Waals surface area contributed by atoms with Crippen molar-refractivity contribution in [2.24, 2.45) is 0 Å². The highest BCUT2D eigenvalue weighted by molar-refractivity contribution is 5.41. The van der Waals surface area contributed by atoms with Gasteiger partial charge in [-0.2, -0.15) is 5.10 Å². The number of hydrogen-bond donors (Lipinski definition) is 1. The van der Waals surface area contributed by atoms with Crippen molar-refractivity contribution in [2.45, 2.75) is 66.0 Å². The van der Waals surface area contributed by atoms with E-state index < -0.39 is 0 Å². The molecule has 1 N–H and O–H groups in total. The molecule has 1 rings (SSSR count). The van der Waals surface area contributed by atoms with Crippen molar-refractivity contribution in [2.75, 3.05) is 6.54 Å². The first-order chi connectivity index (χ1) is 9.30. The third-order valence-corrected chi connectivity index (χ3v) is 3.15. The summed E-state index contributed by atoms with van der Waals surface area (Å²) in [5.41, 5.74) is 1.63. The van der Waals surface area contributed by atoms with Gasteiger partial charge in [0.1, 0.15) is 11.4 Å². The molecule has 0 unspecified atom stereocenters. The molecule has 1 heterocycles. The van der Waals surface area contributed by atoms with Gasteiger partial charge in [0, 0.05) is 12.1 Å². The summed E-state index contributed by atoms with van der Waals surface area (Å²) < 4.78 is 1.81. The van der Waals surface area contributed by atoms with Crippen LogP contribution in [0.1, 0.15) is 52.4 Å². The van der Waals surface area contributed by atoms with Crippen LogP contribution in [0.3, 0.4) is 0 Å². The molecule has 0 aromatic carbocycles. The van der Waals surface area contributed by atoms with Gasteiger partial charge in [-0.05, 0) is 46.6 Å². The smallest absolute Gasteiger partial charge is 0.312 e. The normalized spacial score (nSPS) is 11.8. The Balaban J connectivity index is 2.77. The first-order valence-corrected chi connectivity index (χ1v) is 7.28. The molecule has 6 nitrogen and oxygen atoms in total. The standard InChI is InChI=1S/C14H26N4O2/c1-6-11-13(18(19)20)12(7-2)17(16-11)10-8-9-15-14(3,4)5/h15H,6-10H2,1-5H3. The molecule has 1 aromatic rings. The van der Waals surface area contributed by atoms with Gasteiger partial charge in [0.15, 0.2) is 0 Å². The molecule has 0 radical (unpaired) electrons. The van der Waals surface area contributed by atoms with E-state index in [0.717, 1.165) is 18.7 Å². The van der Waals surface area contributed by atoms with Crippen molar-refractivity contribution in [3.8, 4) is 0 Å². The topological polar surface area (TPSA) is 73.0 Å². The van der Waals surface area contributed by atoms with E-state index in [9.17, 15) is 10.1 Å². The third kappa shape index (κ3) is 4.30. The number of nitrogens with one attached hydrogen (secondary N) is 1. The molecule has 0 bridgehead atoms. The minimum atomic E-state index is -0.297. The molecule has 0 spiro atoms. The molecule has 0 aliphatic heterocycles. The minimum absolute atomic E-state index is 0.0955. The molecule has 0 aliphatic rings. The summed E-state index contributed by atoms with van der Waals surface area (Å²) in [6.07, 6.45) is 2.14. The molecule has 0 saturated heterocycles. The number of aromatic nitrogens is 2. The Labute approximate surface area is 120 Å². The maximum atomic E-state index is 11.2. The maximum absolute atomic E-state index is 11.2. The summed E-state index contributed by atoms with van der Waals surface area (Å²) in [5.74, 6) is 0. The zero-order chi connectivity index (χ0) is 15.3. The molecule has 1 aromatic heterocycles. The molecule has 20 heavy (non-hydrogen) atoms. The SMILES string of the molecule is CCc1nn(CCCNC(C)(C)C)c(CC)c1[N+](=O)[O-]. The van der Waals surface area contributed by atoms with Gasteiger partial charge in [0.25, 0.3) is 0 Å². The van der Waals surface area contributed by atoms with E-state index >= 15 is 0 Å². The van der Waals surface area contributed by atoms with Gasteiger partial charge in [-0.1, -0.05) is 13.8 Å². The fraction of sp³-hybridized carbons (Fsp3) is 0.786. The maximum Gasteiger partial charge on any atom is 0.313 e. The van der Waals surface area contributed by atoms with E-state index in [2.05, 4.69) is 31.2 Å². The van der Waals surface area contributed by atoms with Gasteiger partial charge in [0.2, 0.25) is 0 Å². The zero-order valence-electron chi connectivity index (χ0n) is 13.2. The molecule has 114 valence electrons. The molecular formula is C14H26N4O2. The van der Waals surface area contributed by atoms with Crippen LogP contribution in [0.5, 0.6) is 0 Å². The Bertz CT molecular complexity index is 460. The fourth-order valence-electron chi connectivity index (χ4n) is 2.22. The summed E-state index contributed by atoms with van der Waals surface area (Å²) in [6, 6.07) is 0. The van der Waals surface area contributed by atoms with Crippen molar-refractivity contribution in [3.05, 3.63) is 21.5 Å². The number of nitrogens with zero attached hydrogens (tertiary/aromatic N) is 3. The average Bonchev–Trinajstić information content (AvgIpc) is 2.71. The average molecular weight is 282 g/mol. The Kier molecular flexibility index (Phi) is 5.68. The van der Waals surface area contributed by atoms with Gasteiger partial charge in [-0.15, -0.1) is 0 Å². The van der Waals surface area contributed by atoms with Crippen LogP contribution in [0.4, 0.5) is 5.69 Å².